The molecule has 2 aromatic rings. The summed E-state index contributed by atoms with van der Waals surface area (Å²) in [7, 11) is -3.34. The van der Waals surface area contributed by atoms with E-state index in [9.17, 15) is 13.5 Å². The Labute approximate surface area is 130 Å². The molecule has 0 amide bonds. The van der Waals surface area contributed by atoms with Gasteiger partial charge in [-0.05, 0) is 30.7 Å². The molecule has 4 nitrogen and oxygen atoms in total. The van der Waals surface area contributed by atoms with Gasteiger partial charge in [-0.25, -0.2) is 8.42 Å². The summed E-state index contributed by atoms with van der Waals surface area (Å²) >= 11 is 0. The van der Waals surface area contributed by atoms with E-state index in [2.05, 4.69) is 0 Å². The predicted molar refractivity (Wildman–Crippen MR) is 86.8 cm³/mol. The Kier molecular flexibility index (Phi) is 3.93. The van der Waals surface area contributed by atoms with Crippen molar-refractivity contribution in [2.24, 2.45) is 0 Å². The van der Waals surface area contributed by atoms with E-state index < -0.39 is 9.84 Å². The lowest BCUT2D eigenvalue weighted by atomic mass is 10.0. The van der Waals surface area contributed by atoms with E-state index in [1.54, 1.807) is 12.1 Å². The predicted octanol–water partition coefficient (Wildman–Crippen LogP) is 2.32. The van der Waals surface area contributed by atoms with Crippen LogP contribution in [0.15, 0.2) is 53.4 Å². The summed E-state index contributed by atoms with van der Waals surface area (Å²) in [4.78, 5) is 2.17. The summed E-state index contributed by atoms with van der Waals surface area (Å²) in [5, 5.41) is 9.45. The van der Waals surface area contributed by atoms with Crippen molar-refractivity contribution in [3.63, 3.8) is 0 Å². The van der Waals surface area contributed by atoms with Gasteiger partial charge in [0.2, 0.25) is 0 Å². The van der Waals surface area contributed by atoms with Gasteiger partial charge in [-0.2, -0.15) is 0 Å². The van der Waals surface area contributed by atoms with Gasteiger partial charge in [0.15, 0.2) is 9.84 Å². The molecule has 1 aliphatic rings. The van der Waals surface area contributed by atoms with Crippen LogP contribution in [0.2, 0.25) is 0 Å². The van der Waals surface area contributed by atoms with E-state index >= 15 is 0 Å². The van der Waals surface area contributed by atoms with Gasteiger partial charge in [0, 0.05) is 18.2 Å². The molecule has 0 aromatic heterocycles. The number of para-hydroxylation sites is 1. The third-order valence-corrected chi connectivity index (χ3v) is 5.96. The molecule has 116 valence electrons. The first-order valence-corrected chi connectivity index (χ1v) is 8.90. The lowest BCUT2D eigenvalue weighted by molar-refractivity contribution is 0.292. The second-order valence-electron chi connectivity index (χ2n) is 5.71. The first kappa shape index (κ1) is 15.1. The third kappa shape index (κ3) is 2.74. The van der Waals surface area contributed by atoms with Crippen LogP contribution in [-0.2, 0) is 9.84 Å². The zero-order chi connectivity index (χ0) is 15.7. The van der Waals surface area contributed by atoms with Gasteiger partial charge in [0.1, 0.15) is 6.73 Å². The molecule has 2 aromatic carbocycles. The summed E-state index contributed by atoms with van der Waals surface area (Å²) in [5.41, 5.74) is 2.96. The van der Waals surface area contributed by atoms with Gasteiger partial charge in [-0.3, -0.25) is 0 Å². The average Bonchev–Trinajstić information content (AvgIpc) is 2.85. The lowest BCUT2D eigenvalue weighted by Gasteiger charge is -2.16. The molecule has 1 unspecified atom stereocenters. The number of benzene rings is 2. The molecule has 0 aliphatic carbocycles. The highest BCUT2D eigenvalue weighted by molar-refractivity contribution is 7.91. The fourth-order valence-corrected chi connectivity index (χ4v) is 4.52. The van der Waals surface area contributed by atoms with Crippen molar-refractivity contribution in [2.45, 2.75) is 17.7 Å². The van der Waals surface area contributed by atoms with Gasteiger partial charge in [-0.1, -0.05) is 35.9 Å². The molecule has 0 fully saturated rings. The minimum absolute atomic E-state index is 0.0591. The normalized spacial score (nSPS) is 17.5. The molecule has 0 saturated carbocycles. The number of sulfone groups is 1. The molecular weight excluding hydrogens is 298 g/mol. The van der Waals surface area contributed by atoms with Crippen molar-refractivity contribution < 1.29 is 13.5 Å². The van der Waals surface area contributed by atoms with Crippen LogP contribution in [0.5, 0.6) is 0 Å². The van der Waals surface area contributed by atoms with Crippen LogP contribution in [0.4, 0.5) is 5.69 Å². The first-order valence-electron chi connectivity index (χ1n) is 7.25. The molecule has 1 atom stereocenters. The maximum atomic E-state index is 12.6. The van der Waals surface area contributed by atoms with Crippen LogP contribution >= 0.6 is 0 Å². The molecule has 0 saturated heterocycles. The molecule has 22 heavy (non-hydrogen) atoms. The first-order chi connectivity index (χ1) is 10.5. The summed E-state index contributed by atoms with van der Waals surface area (Å²) in [6, 6.07) is 14.6. The number of aryl methyl sites for hydroxylation is 1. The number of aliphatic hydroxyl groups is 1. The van der Waals surface area contributed by atoms with Gasteiger partial charge >= 0.3 is 0 Å². The standard InChI is InChI=1S/C17H19NO3S/c1-13-6-8-15(9-7-13)22(20,21)11-14-10-18(12-19)17-5-3-2-4-16(14)17/h2-9,14,19H,10-12H2,1H3. The summed E-state index contributed by atoms with van der Waals surface area (Å²) in [5.74, 6) is -0.0570. The Morgan fingerprint density at radius 1 is 1.14 bits per heavy atom. The van der Waals surface area contributed by atoms with Crippen LogP contribution in [0.25, 0.3) is 0 Å². The second kappa shape index (κ2) is 5.74. The lowest BCUT2D eigenvalue weighted by Crippen LogP contribution is -2.25. The van der Waals surface area contributed by atoms with E-state index in [1.165, 1.54) is 0 Å². The van der Waals surface area contributed by atoms with Crippen LogP contribution in [0.3, 0.4) is 0 Å². The summed E-state index contributed by atoms with van der Waals surface area (Å²) < 4.78 is 25.2. The maximum absolute atomic E-state index is 12.6. The summed E-state index contributed by atoms with van der Waals surface area (Å²) in [6.45, 7) is 2.36. The minimum atomic E-state index is -3.34. The number of fused-ring (bicyclic) bond motifs is 1. The van der Waals surface area contributed by atoms with E-state index in [1.807, 2.05) is 48.2 Å². The molecular formula is C17H19NO3S. The van der Waals surface area contributed by atoms with Crippen LogP contribution in [0, 0.1) is 6.92 Å². The van der Waals surface area contributed by atoms with E-state index in [-0.39, 0.29) is 18.4 Å². The van der Waals surface area contributed by atoms with Crippen molar-refractivity contribution in [3.05, 3.63) is 59.7 Å². The Morgan fingerprint density at radius 3 is 2.50 bits per heavy atom. The van der Waals surface area contributed by atoms with Crippen LogP contribution in [-0.4, -0.2) is 32.6 Å². The number of anilines is 1. The molecule has 0 bridgehead atoms. The average molecular weight is 317 g/mol. The SMILES string of the molecule is Cc1ccc(S(=O)(=O)CC2CN(CO)c3ccccc32)cc1. The molecule has 0 spiro atoms. The van der Waals surface area contributed by atoms with Crippen molar-refractivity contribution in [3.8, 4) is 0 Å². The Balaban J connectivity index is 1.89. The molecule has 1 heterocycles. The second-order valence-corrected chi connectivity index (χ2v) is 7.75. The Hall–Kier alpha value is -1.85. The number of hydrogen-bond donors (Lipinski definition) is 1. The highest BCUT2D eigenvalue weighted by Crippen LogP contribution is 2.37. The smallest absolute Gasteiger partial charge is 0.179 e. The van der Waals surface area contributed by atoms with Crippen molar-refractivity contribution in [2.75, 3.05) is 23.9 Å². The highest BCUT2D eigenvalue weighted by Gasteiger charge is 2.32. The van der Waals surface area contributed by atoms with Crippen molar-refractivity contribution >= 4 is 15.5 Å². The Bertz CT molecular complexity index is 769. The largest absolute Gasteiger partial charge is 0.376 e. The Morgan fingerprint density at radius 2 is 1.82 bits per heavy atom. The molecule has 0 radical (unpaired) electrons. The number of aliphatic hydroxyl groups excluding tert-OH is 1. The van der Waals surface area contributed by atoms with Crippen molar-refractivity contribution in [1.82, 2.24) is 0 Å². The number of nitrogens with zero attached hydrogens (tertiary/aromatic N) is 1. The van der Waals surface area contributed by atoms with E-state index in [4.69, 9.17) is 0 Å². The highest BCUT2D eigenvalue weighted by atomic mass is 32.2. The van der Waals surface area contributed by atoms with Crippen LogP contribution < -0.4 is 4.90 Å². The van der Waals surface area contributed by atoms with E-state index in [0.717, 1.165) is 16.8 Å². The quantitative estimate of drug-likeness (QED) is 0.940. The van der Waals surface area contributed by atoms with Gasteiger partial charge < -0.3 is 10.0 Å². The van der Waals surface area contributed by atoms with Crippen molar-refractivity contribution in [1.29, 1.82) is 0 Å². The topological polar surface area (TPSA) is 57.6 Å². The number of rotatable bonds is 4. The fourth-order valence-electron chi connectivity index (χ4n) is 2.97. The number of hydrogen-bond acceptors (Lipinski definition) is 4. The molecule has 3 rings (SSSR count). The third-order valence-electron chi connectivity index (χ3n) is 4.13. The monoisotopic (exact) mass is 317 g/mol. The van der Waals surface area contributed by atoms with E-state index in [0.29, 0.717) is 11.4 Å². The maximum Gasteiger partial charge on any atom is 0.179 e. The van der Waals surface area contributed by atoms with Crippen LogP contribution in [0.1, 0.15) is 17.0 Å². The van der Waals surface area contributed by atoms with Gasteiger partial charge in [0.25, 0.3) is 0 Å². The van der Waals surface area contributed by atoms with Gasteiger partial charge in [0.05, 0.1) is 10.6 Å². The zero-order valence-corrected chi connectivity index (χ0v) is 13.3. The minimum Gasteiger partial charge on any atom is -0.376 e. The summed E-state index contributed by atoms with van der Waals surface area (Å²) in [6.07, 6.45) is 0. The molecule has 5 heteroatoms. The van der Waals surface area contributed by atoms with Gasteiger partial charge in [-0.15, -0.1) is 0 Å². The molecule has 1 aliphatic heterocycles. The fraction of sp³-hybridized carbons (Fsp3) is 0.294. The molecule has 1 N–H and O–H groups in total. The zero-order valence-electron chi connectivity index (χ0n) is 12.4.